The van der Waals surface area contributed by atoms with Gasteiger partial charge in [0.1, 0.15) is 11.5 Å². The molecule has 1 aromatic heterocycles. The van der Waals surface area contributed by atoms with Crippen LogP contribution in [-0.4, -0.2) is 0 Å². The van der Waals surface area contributed by atoms with Crippen LogP contribution in [0.3, 0.4) is 0 Å². The zero-order valence-electron chi connectivity index (χ0n) is 10.6. The molecule has 3 nitrogen and oxygen atoms in total. The van der Waals surface area contributed by atoms with E-state index in [4.69, 9.17) is 14.9 Å². The lowest BCUT2D eigenvalue weighted by Gasteiger charge is -2.10. The van der Waals surface area contributed by atoms with Gasteiger partial charge in [-0.15, -0.1) is 0 Å². The highest BCUT2D eigenvalue weighted by atomic mass is 19.4. The highest BCUT2D eigenvalue weighted by Crippen LogP contribution is 2.34. The minimum absolute atomic E-state index is 0.0899. The first-order valence-electron chi connectivity index (χ1n) is 6.05. The van der Waals surface area contributed by atoms with Gasteiger partial charge in [-0.1, -0.05) is 6.07 Å². The summed E-state index contributed by atoms with van der Waals surface area (Å²) in [5.41, 5.74) is 5.91. The largest absolute Gasteiger partial charge is 0.462 e. The second kappa shape index (κ2) is 4.73. The average Bonchev–Trinajstić information content (AvgIpc) is 2.87. The SMILES string of the molecule is Nc1cc(Oc2cccc(C(F)(F)F)c2)cc2ccoc12. The molecule has 1 heterocycles. The number of nitrogen functional groups attached to an aromatic ring is 1. The smallest absolute Gasteiger partial charge is 0.416 e. The molecular weight excluding hydrogens is 283 g/mol. The Morgan fingerprint density at radius 2 is 1.81 bits per heavy atom. The van der Waals surface area contributed by atoms with Gasteiger partial charge < -0.3 is 14.9 Å². The first-order chi connectivity index (χ1) is 9.93. The molecular formula is C15H10F3NO2. The molecule has 0 radical (unpaired) electrons. The topological polar surface area (TPSA) is 48.4 Å². The fraction of sp³-hybridized carbons (Fsp3) is 0.0667. The van der Waals surface area contributed by atoms with E-state index in [0.29, 0.717) is 17.0 Å². The molecule has 3 aromatic rings. The Kier molecular flexibility index (Phi) is 3.01. The van der Waals surface area contributed by atoms with Crippen LogP contribution < -0.4 is 10.5 Å². The average molecular weight is 293 g/mol. The van der Waals surface area contributed by atoms with Gasteiger partial charge in [0.25, 0.3) is 0 Å². The second-order valence-corrected chi connectivity index (χ2v) is 4.48. The summed E-state index contributed by atoms with van der Waals surface area (Å²) >= 11 is 0. The lowest BCUT2D eigenvalue weighted by Crippen LogP contribution is -2.04. The number of halogens is 3. The van der Waals surface area contributed by atoms with Crippen LogP contribution in [0, 0.1) is 0 Å². The van der Waals surface area contributed by atoms with Crippen molar-refractivity contribution >= 4 is 16.7 Å². The number of furan rings is 1. The quantitative estimate of drug-likeness (QED) is 0.689. The predicted octanol–water partition coefficient (Wildman–Crippen LogP) is 4.83. The highest BCUT2D eigenvalue weighted by molar-refractivity contribution is 5.89. The van der Waals surface area contributed by atoms with E-state index in [9.17, 15) is 13.2 Å². The zero-order chi connectivity index (χ0) is 15.0. The summed E-state index contributed by atoms with van der Waals surface area (Å²) in [5.74, 6) is 0.438. The molecule has 2 aromatic carbocycles. The van der Waals surface area contributed by atoms with Crippen molar-refractivity contribution in [2.75, 3.05) is 5.73 Å². The summed E-state index contributed by atoms with van der Waals surface area (Å²) in [5, 5.41) is 0.719. The molecule has 0 bridgehead atoms. The van der Waals surface area contributed by atoms with E-state index in [1.54, 1.807) is 12.1 Å². The van der Waals surface area contributed by atoms with E-state index in [1.807, 2.05) is 0 Å². The van der Waals surface area contributed by atoms with Gasteiger partial charge in [0.15, 0.2) is 5.58 Å². The minimum Gasteiger partial charge on any atom is -0.462 e. The number of nitrogens with two attached hydrogens (primary N) is 1. The predicted molar refractivity (Wildman–Crippen MR) is 72.1 cm³/mol. The third-order valence-corrected chi connectivity index (χ3v) is 2.95. The van der Waals surface area contributed by atoms with Crippen LogP contribution in [0.15, 0.2) is 53.1 Å². The van der Waals surface area contributed by atoms with Gasteiger partial charge in [-0.25, -0.2) is 0 Å². The number of ether oxygens (including phenoxy) is 1. The molecule has 0 aliphatic rings. The van der Waals surface area contributed by atoms with E-state index in [2.05, 4.69) is 0 Å². The van der Waals surface area contributed by atoms with Crippen molar-refractivity contribution in [3.8, 4) is 11.5 Å². The Morgan fingerprint density at radius 1 is 1.00 bits per heavy atom. The second-order valence-electron chi connectivity index (χ2n) is 4.48. The summed E-state index contributed by atoms with van der Waals surface area (Å²) in [4.78, 5) is 0. The van der Waals surface area contributed by atoms with Crippen LogP contribution in [0.1, 0.15) is 5.56 Å². The first-order valence-corrected chi connectivity index (χ1v) is 6.05. The van der Waals surface area contributed by atoms with Crippen LogP contribution in [0.25, 0.3) is 11.0 Å². The molecule has 0 aliphatic carbocycles. The molecule has 2 N–H and O–H groups in total. The van der Waals surface area contributed by atoms with Crippen molar-refractivity contribution in [1.82, 2.24) is 0 Å². The van der Waals surface area contributed by atoms with Crippen molar-refractivity contribution in [2.45, 2.75) is 6.18 Å². The normalized spacial score (nSPS) is 11.8. The molecule has 0 aliphatic heterocycles. The lowest BCUT2D eigenvalue weighted by atomic mass is 10.2. The van der Waals surface area contributed by atoms with Gasteiger partial charge in [-0.2, -0.15) is 13.2 Å². The van der Waals surface area contributed by atoms with Crippen LogP contribution in [-0.2, 0) is 6.18 Å². The van der Waals surface area contributed by atoms with Gasteiger partial charge in [0.2, 0.25) is 0 Å². The van der Waals surface area contributed by atoms with Crippen LogP contribution in [0.4, 0.5) is 18.9 Å². The third-order valence-electron chi connectivity index (χ3n) is 2.95. The maximum absolute atomic E-state index is 12.6. The molecule has 0 saturated carbocycles. The van der Waals surface area contributed by atoms with Gasteiger partial charge in [0, 0.05) is 11.5 Å². The van der Waals surface area contributed by atoms with Crippen molar-refractivity contribution in [2.24, 2.45) is 0 Å². The van der Waals surface area contributed by atoms with Crippen LogP contribution in [0.5, 0.6) is 11.5 Å². The van der Waals surface area contributed by atoms with Gasteiger partial charge in [-0.3, -0.25) is 0 Å². The number of fused-ring (bicyclic) bond motifs is 1. The molecule has 0 unspecified atom stereocenters. The summed E-state index contributed by atoms with van der Waals surface area (Å²) in [6, 6.07) is 9.52. The summed E-state index contributed by atoms with van der Waals surface area (Å²) < 4.78 is 48.6. The summed E-state index contributed by atoms with van der Waals surface area (Å²) in [6.45, 7) is 0. The molecule has 0 fully saturated rings. The van der Waals surface area contributed by atoms with E-state index in [1.165, 1.54) is 24.5 Å². The maximum atomic E-state index is 12.6. The Balaban J connectivity index is 1.95. The fourth-order valence-electron chi connectivity index (χ4n) is 2.01. The molecule has 0 spiro atoms. The van der Waals surface area contributed by atoms with Crippen molar-refractivity contribution in [3.63, 3.8) is 0 Å². The summed E-state index contributed by atoms with van der Waals surface area (Å²) in [6.07, 6.45) is -2.93. The Hall–Kier alpha value is -2.63. The van der Waals surface area contributed by atoms with E-state index < -0.39 is 11.7 Å². The zero-order valence-corrected chi connectivity index (χ0v) is 10.6. The molecule has 0 amide bonds. The molecule has 21 heavy (non-hydrogen) atoms. The first kappa shape index (κ1) is 13.4. The molecule has 6 heteroatoms. The van der Waals surface area contributed by atoms with Crippen LogP contribution in [0.2, 0.25) is 0 Å². The number of hydrogen-bond acceptors (Lipinski definition) is 3. The number of rotatable bonds is 2. The van der Waals surface area contributed by atoms with E-state index >= 15 is 0 Å². The fourth-order valence-corrected chi connectivity index (χ4v) is 2.01. The van der Waals surface area contributed by atoms with Crippen molar-refractivity contribution < 1.29 is 22.3 Å². The molecule has 0 atom stereocenters. The molecule has 0 saturated heterocycles. The standard InChI is InChI=1S/C15H10F3NO2/c16-15(17,18)10-2-1-3-11(7-10)21-12-6-9-4-5-20-14(9)13(19)8-12/h1-8H,19H2. The van der Waals surface area contributed by atoms with E-state index in [-0.39, 0.29) is 5.75 Å². The van der Waals surface area contributed by atoms with Gasteiger partial charge in [0.05, 0.1) is 17.5 Å². The highest BCUT2D eigenvalue weighted by Gasteiger charge is 2.30. The Morgan fingerprint density at radius 3 is 2.57 bits per heavy atom. The molecule has 108 valence electrons. The summed E-state index contributed by atoms with van der Waals surface area (Å²) in [7, 11) is 0. The van der Waals surface area contributed by atoms with Crippen molar-refractivity contribution in [1.29, 1.82) is 0 Å². The Bertz CT molecular complexity index is 793. The minimum atomic E-state index is -4.41. The number of benzene rings is 2. The van der Waals surface area contributed by atoms with Gasteiger partial charge >= 0.3 is 6.18 Å². The Labute approximate surface area is 117 Å². The lowest BCUT2D eigenvalue weighted by molar-refractivity contribution is -0.137. The number of hydrogen-bond donors (Lipinski definition) is 1. The number of anilines is 1. The monoisotopic (exact) mass is 293 g/mol. The number of alkyl halides is 3. The van der Waals surface area contributed by atoms with Crippen molar-refractivity contribution in [3.05, 3.63) is 54.3 Å². The van der Waals surface area contributed by atoms with Gasteiger partial charge in [-0.05, 0) is 30.3 Å². The van der Waals surface area contributed by atoms with Crippen LogP contribution >= 0.6 is 0 Å². The van der Waals surface area contributed by atoms with E-state index in [0.717, 1.165) is 17.5 Å². The third kappa shape index (κ3) is 2.65. The molecule has 3 rings (SSSR count). The maximum Gasteiger partial charge on any atom is 0.416 e.